The Kier molecular flexibility index (Phi) is 5.67. The lowest BCUT2D eigenvalue weighted by atomic mass is 9.97. The fourth-order valence-electron chi connectivity index (χ4n) is 3.44. The molecule has 2 aromatic heterocycles. The lowest BCUT2D eigenvalue weighted by Gasteiger charge is -2.17. The van der Waals surface area contributed by atoms with Crippen molar-refractivity contribution in [2.24, 2.45) is 0 Å². The van der Waals surface area contributed by atoms with Crippen LogP contribution in [-0.4, -0.2) is 32.7 Å². The summed E-state index contributed by atoms with van der Waals surface area (Å²) in [6.45, 7) is 5.45. The molecule has 0 spiro atoms. The second kappa shape index (κ2) is 8.43. The van der Waals surface area contributed by atoms with Gasteiger partial charge in [-0.05, 0) is 62.2 Å². The number of hydrogen-bond acceptors (Lipinski definition) is 5. The molecular formula is C25H26N4O3. The molecule has 1 amide bonds. The fourth-order valence-corrected chi connectivity index (χ4v) is 3.44. The molecule has 2 N–H and O–H groups in total. The average molecular weight is 431 g/mol. The maximum atomic E-state index is 12.9. The Hall–Kier alpha value is -3.71. The van der Waals surface area contributed by atoms with Crippen molar-refractivity contribution in [3.05, 3.63) is 77.5 Å². The van der Waals surface area contributed by atoms with Gasteiger partial charge in [-0.25, -0.2) is 9.50 Å². The number of carbonyl (C=O) groups is 1. The summed E-state index contributed by atoms with van der Waals surface area (Å²) >= 11 is 0. The number of aryl methyl sites for hydroxylation is 1. The van der Waals surface area contributed by atoms with Crippen molar-refractivity contribution in [1.29, 1.82) is 0 Å². The van der Waals surface area contributed by atoms with Crippen molar-refractivity contribution in [1.82, 2.24) is 14.6 Å². The van der Waals surface area contributed by atoms with E-state index in [4.69, 9.17) is 4.74 Å². The number of aromatic nitrogens is 3. The minimum atomic E-state index is -0.964. The van der Waals surface area contributed by atoms with Crippen LogP contribution in [0.1, 0.15) is 42.4 Å². The Morgan fingerprint density at radius 2 is 1.78 bits per heavy atom. The molecule has 32 heavy (non-hydrogen) atoms. The van der Waals surface area contributed by atoms with Crippen LogP contribution in [0, 0.1) is 0 Å². The lowest BCUT2D eigenvalue weighted by molar-refractivity contribution is 0.0785. The molecule has 0 fully saturated rings. The number of rotatable bonds is 6. The molecule has 0 saturated heterocycles. The van der Waals surface area contributed by atoms with Gasteiger partial charge in [0.25, 0.3) is 5.91 Å². The van der Waals surface area contributed by atoms with E-state index in [1.807, 2.05) is 43.3 Å². The van der Waals surface area contributed by atoms with Crippen LogP contribution < -0.4 is 10.1 Å². The van der Waals surface area contributed by atoms with E-state index in [-0.39, 0.29) is 5.91 Å². The van der Waals surface area contributed by atoms with Crippen molar-refractivity contribution in [3.8, 4) is 17.0 Å². The Balaban J connectivity index is 1.70. The molecule has 0 radical (unpaired) electrons. The maximum Gasteiger partial charge on any atom is 0.256 e. The van der Waals surface area contributed by atoms with Crippen molar-refractivity contribution >= 4 is 17.4 Å². The number of benzene rings is 2. The Morgan fingerprint density at radius 3 is 2.38 bits per heavy atom. The summed E-state index contributed by atoms with van der Waals surface area (Å²) in [6.07, 6.45) is 0.778. The average Bonchev–Trinajstić information content (AvgIpc) is 3.21. The van der Waals surface area contributed by atoms with Gasteiger partial charge in [-0.3, -0.25) is 4.79 Å². The molecule has 0 aliphatic heterocycles. The molecule has 0 aliphatic rings. The molecule has 0 atom stereocenters. The molecule has 4 rings (SSSR count). The highest BCUT2D eigenvalue weighted by Gasteiger charge is 2.17. The molecule has 7 nitrogen and oxygen atoms in total. The summed E-state index contributed by atoms with van der Waals surface area (Å²) in [5.41, 5.74) is 3.56. The first-order valence-corrected chi connectivity index (χ1v) is 10.5. The number of amides is 1. The van der Waals surface area contributed by atoms with Crippen molar-refractivity contribution < 1.29 is 14.6 Å². The van der Waals surface area contributed by atoms with Crippen LogP contribution in [0.5, 0.6) is 5.75 Å². The second-order valence-corrected chi connectivity index (χ2v) is 8.10. The summed E-state index contributed by atoms with van der Waals surface area (Å²) in [6, 6.07) is 18.3. The standard InChI is InChI=1S/C25H26N4O3/c1-5-19-14-23-26-22(27-24(30)17-6-10-18(11-7-17)25(2,3)31)15-21(29(23)28-19)16-8-12-20(32-4)13-9-16/h6-15,31H,5H2,1-4H3,(H,26,27,30). The van der Waals surface area contributed by atoms with E-state index < -0.39 is 5.60 Å². The number of nitrogens with zero attached hydrogens (tertiary/aromatic N) is 3. The van der Waals surface area contributed by atoms with Gasteiger partial charge in [0.05, 0.1) is 24.1 Å². The Morgan fingerprint density at radius 1 is 1.09 bits per heavy atom. The zero-order valence-corrected chi connectivity index (χ0v) is 18.6. The third-order valence-electron chi connectivity index (χ3n) is 5.32. The smallest absolute Gasteiger partial charge is 0.256 e. The largest absolute Gasteiger partial charge is 0.497 e. The first-order chi connectivity index (χ1) is 15.3. The highest BCUT2D eigenvalue weighted by Crippen LogP contribution is 2.26. The lowest BCUT2D eigenvalue weighted by Crippen LogP contribution is -2.17. The monoisotopic (exact) mass is 430 g/mol. The summed E-state index contributed by atoms with van der Waals surface area (Å²) in [5.74, 6) is 0.916. The normalized spacial score (nSPS) is 11.5. The van der Waals surface area contributed by atoms with Crippen LogP contribution in [0.4, 0.5) is 5.82 Å². The first-order valence-electron chi connectivity index (χ1n) is 10.5. The maximum absolute atomic E-state index is 12.9. The Labute approximate surface area is 186 Å². The zero-order valence-electron chi connectivity index (χ0n) is 18.6. The van der Waals surface area contributed by atoms with E-state index in [1.165, 1.54) is 0 Å². The molecule has 164 valence electrons. The molecule has 2 heterocycles. The quantitative estimate of drug-likeness (QED) is 0.472. The van der Waals surface area contributed by atoms with Gasteiger partial charge >= 0.3 is 0 Å². The SMILES string of the molecule is CCc1cc2nc(NC(=O)c3ccc(C(C)(C)O)cc3)cc(-c3ccc(OC)cc3)n2n1. The van der Waals surface area contributed by atoms with Gasteiger partial charge in [-0.1, -0.05) is 19.1 Å². The molecule has 4 aromatic rings. The molecule has 7 heteroatoms. The van der Waals surface area contributed by atoms with Crippen molar-refractivity contribution in [2.75, 3.05) is 12.4 Å². The van der Waals surface area contributed by atoms with E-state index in [0.717, 1.165) is 34.7 Å². The van der Waals surface area contributed by atoms with Gasteiger partial charge in [0.1, 0.15) is 11.6 Å². The number of carbonyl (C=O) groups excluding carboxylic acids is 1. The number of methoxy groups -OCH3 is 1. The topological polar surface area (TPSA) is 88.8 Å². The minimum absolute atomic E-state index is 0.278. The first kappa shape index (κ1) is 21.5. The van der Waals surface area contributed by atoms with Gasteiger partial charge in [0.15, 0.2) is 5.65 Å². The number of fused-ring (bicyclic) bond motifs is 1. The predicted octanol–water partition coefficient (Wildman–Crippen LogP) is 4.45. The third-order valence-corrected chi connectivity index (χ3v) is 5.32. The van der Waals surface area contributed by atoms with Gasteiger partial charge in [-0.15, -0.1) is 0 Å². The zero-order chi connectivity index (χ0) is 22.9. The van der Waals surface area contributed by atoms with Gasteiger partial charge in [0, 0.05) is 23.3 Å². The third kappa shape index (κ3) is 4.33. The highest BCUT2D eigenvalue weighted by molar-refractivity contribution is 6.04. The molecule has 0 aliphatic carbocycles. The van der Waals surface area contributed by atoms with E-state index in [2.05, 4.69) is 15.4 Å². The fraction of sp³-hybridized carbons (Fsp3) is 0.240. The van der Waals surface area contributed by atoms with Crippen molar-refractivity contribution in [2.45, 2.75) is 32.8 Å². The predicted molar refractivity (Wildman–Crippen MR) is 124 cm³/mol. The molecule has 0 saturated carbocycles. The van der Waals surface area contributed by atoms with Gasteiger partial charge < -0.3 is 15.2 Å². The van der Waals surface area contributed by atoms with E-state index in [0.29, 0.717) is 17.0 Å². The van der Waals surface area contributed by atoms with Crippen LogP contribution in [-0.2, 0) is 12.0 Å². The summed E-state index contributed by atoms with van der Waals surface area (Å²) in [5, 5.41) is 17.7. The van der Waals surface area contributed by atoms with Crippen LogP contribution >= 0.6 is 0 Å². The highest BCUT2D eigenvalue weighted by atomic mass is 16.5. The number of ether oxygens (including phenoxy) is 1. The molecule has 0 unspecified atom stereocenters. The summed E-state index contributed by atoms with van der Waals surface area (Å²) < 4.78 is 7.05. The van der Waals surface area contributed by atoms with Crippen LogP contribution in [0.3, 0.4) is 0 Å². The Bertz CT molecular complexity index is 1250. The van der Waals surface area contributed by atoms with E-state index in [9.17, 15) is 9.90 Å². The molecule has 2 aromatic carbocycles. The van der Waals surface area contributed by atoms with Crippen LogP contribution in [0.2, 0.25) is 0 Å². The van der Waals surface area contributed by atoms with Crippen LogP contribution in [0.15, 0.2) is 60.7 Å². The van der Waals surface area contributed by atoms with E-state index >= 15 is 0 Å². The number of nitrogens with one attached hydrogen (secondary N) is 1. The number of anilines is 1. The van der Waals surface area contributed by atoms with E-state index in [1.54, 1.807) is 49.7 Å². The van der Waals surface area contributed by atoms with Crippen molar-refractivity contribution in [3.63, 3.8) is 0 Å². The summed E-state index contributed by atoms with van der Waals surface area (Å²) in [7, 11) is 1.63. The number of aliphatic hydroxyl groups is 1. The van der Waals surface area contributed by atoms with Crippen LogP contribution in [0.25, 0.3) is 16.9 Å². The van der Waals surface area contributed by atoms with Gasteiger partial charge in [0.2, 0.25) is 0 Å². The second-order valence-electron chi connectivity index (χ2n) is 8.10. The molecular weight excluding hydrogens is 404 g/mol. The minimum Gasteiger partial charge on any atom is -0.497 e. The van der Waals surface area contributed by atoms with Gasteiger partial charge in [-0.2, -0.15) is 5.10 Å². The number of hydrogen-bond donors (Lipinski definition) is 2. The summed E-state index contributed by atoms with van der Waals surface area (Å²) in [4.78, 5) is 17.4. The molecule has 0 bridgehead atoms.